The molecule has 0 amide bonds. The molecule has 0 bridgehead atoms. The summed E-state index contributed by atoms with van der Waals surface area (Å²) < 4.78 is 10.0. The van der Waals surface area contributed by atoms with Crippen molar-refractivity contribution in [2.24, 2.45) is 5.41 Å². The Kier molecular flexibility index (Phi) is 3.71. The van der Waals surface area contributed by atoms with Crippen molar-refractivity contribution in [3.05, 3.63) is 18.1 Å². The van der Waals surface area contributed by atoms with Crippen LogP contribution in [0.3, 0.4) is 0 Å². The number of hydrogen-bond donors (Lipinski definition) is 1. The number of hydrogen-bond acceptors (Lipinski definition) is 6. The number of carbonyl (C=O) groups is 1. The zero-order chi connectivity index (χ0) is 14.0. The van der Waals surface area contributed by atoms with Crippen molar-refractivity contribution in [3.63, 3.8) is 0 Å². The normalized spacial score (nSPS) is 24.4. The number of esters is 1. The first-order valence-electron chi connectivity index (χ1n) is 6.18. The van der Waals surface area contributed by atoms with E-state index in [9.17, 15) is 4.79 Å². The number of carbonyl (C=O) groups excluding carboxylic acids is 1. The van der Waals surface area contributed by atoms with Gasteiger partial charge in [0.1, 0.15) is 5.82 Å². The summed E-state index contributed by atoms with van der Waals surface area (Å²) in [5.74, 6) is 0.0920. The molecule has 2 atom stereocenters. The Bertz CT molecular complexity index is 476. The lowest BCUT2D eigenvalue weighted by molar-refractivity contribution is -0.0795. The maximum Gasteiger partial charge on any atom is 0.358 e. The van der Waals surface area contributed by atoms with Crippen LogP contribution in [0.2, 0.25) is 0 Å². The first-order valence-corrected chi connectivity index (χ1v) is 6.18. The third kappa shape index (κ3) is 2.53. The Labute approximate surface area is 112 Å². The molecule has 2 rings (SSSR count). The van der Waals surface area contributed by atoms with Gasteiger partial charge in [-0.05, 0) is 6.42 Å². The van der Waals surface area contributed by atoms with E-state index in [0.717, 1.165) is 6.42 Å². The van der Waals surface area contributed by atoms with Gasteiger partial charge in [0.25, 0.3) is 0 Å². The standard InChI is InChI=1S/C13H19N3O3/c1-13(2)9(5-10(13)18-3)16-11-7-14-6-8(15-11)12(17)19-4/h6-7,9-10H,5H2,1-4H3,(H,15,16). The van der Waals surface area contributed by atoms with Gasteiger partial charge < -0.3 is 14.8 Å². The van der Waals surface area contributed by atoms with Gasteiger partial charge in [0.15, 0.2) is 5.69 Å². The molecule has 0 radical (unpaired) electrons. The van der Waals surface area contributed by atoms with Gasteiger partial charge in [-0.2, -0.15) is 0 Å². The smallest absolute Gasteiger partial charge is 0.358 e. The van der Waals surface area contributed by atoms with Crippen LogP contribution in [-0.2, 0) is 9.47 Å². The van der Waals surface area contributed by atoms with E-state index >= 15 is 0 Å². The summed E-state index contributed by atoms with van der Waals surface area (Å²) in [4.78, 5) is 19.6. The number of nitrogens with zero attached hydrogens (tertiary/aromatic N) is 2. The summed E-state index contributed by atoms with van der Waals surface area (Å²) in [5, 5.41) is 3.29. The maximum absolute atomic E-state index is 11.4. The average molecular weight is 265 g/mol. The number of rotatable bonds is 4. The SMILES string of the molecule is COC(=O)c1cncc(NC2CC(OC)C2(C)C)n1. The van der Waals surface area contributed by atoms with Crippen LogP contribution in [-0.4, -0.2) is 42.3 Å². The Morgan fingerprint density at radius 2 is 2.16 bits per heavy atom. The highest BCUT2D eigenvalue weighted by Gasteiger charge is 2.48. The largest absolute Gasteiger partial charge is 0.464 e. The minimum atomic E-state index is -0.487. The Morgan fingerprint density at radius 1 is 1.42 bits per heavy atom. The van der Waals surface area contributed by atoms with Crippen molar-refractivity contribution in [2.75, 3.05) is 19.5 Å². The van der Waals surface area contributed by atoms with Gasteiger partial charge in [-0.1, -0.05) is 13.8 Å². The van der Waals surface area contributed by atoms with Crippen molar-refractivity contribution in [3.8, 4) is 0 Å². The summed E-state index contributed by atoms with van der Waals surface area (Å²) >= 11 is 0. The Morgan fingerprint density at radius 3 is 2.74 bits per heavy atom. The molecule has 104 valence electrons. The summed E-state index contributed by atoms with van der Waals surface area (Å²) in [5.41, 5.74) is 0.227. The highest BCUT2D eigenvalue weighted by Crippen LogP contribution is 2.43. The maximum atomic E-state index is 11.4. The van der Waals surface area contributed by atoms with E-state index in [2.05, 4.69) is 33.9 Å². The molecule has 1 heterocycles. The van der Waals surface area contributed by atoms with E-state index in [1.807, 2.05) is 0 Å². The summed E-state index contributed by atoms with van der Waals surface area (Å²) in [6.45, 7) is 4.28. The van der Waals surface area contributed by atoms with E-state index in [1.54, 1.807) is 13.3 Å². The molecular formula is C13H19N3O3. The Balaban J connectivity index is 2.07. The summed E-state index contributed by atoms with van der Waals surface area (Å²) in [6.07, 6.45) is 4.14. The van der Waals surface area contributed by atoms with Crippen LogP contribution < -0.4 is 5.32 Å². The van der Waals surface area contributed by atoms with Crippen molar-refractivity contribution >= 4 is 11.8 Å². The topological polar surface area (TPSA) is 73.3 Å². The molecule has 1 saturated carbocycles. The Hall–Kier alpha value is -1.69. The summed E-state index contributed by atoms with van der Waals surface area (Å²) in [7, 11) is 3.04. The predicted octanol–water partition coefficient (Wildman–Crippen LogP) is 1.49. The van der Waals surface area contributed by atoms with Crippen LogP contribution >= 0.6 is 0 Å². The number of aromatic nitrogens is 2. The third-order valence-electron chi connectivity index (χ3n) is 3.81. The molecule has 0 aliphatic heterocycles. The second-order valence-corrected chi connectivity index (χ2v) is 5.26. The quantitative estimate of drug-likeness (QED) is 0.831. The first kappa shape index (κ1) is 13.7. The van der Waals surface area contributed by atoms with E-state index in [-0.39, 0.29) is 23.3 Å². The van der Waals surface area contributed by atoms with E-state index in [0.29, 0.717) is 5.82 Å². The molecule has 19 heavy (non-hydrogen) atoms. The second-order valence-electron chi connectivity index (χ2n) is 5.26. The minimum Gasteiger partial charge on any atom is -0.464 e. The molecule has 1 aromatic rings. The number of nitrogens with one attached hydrogen (secondary N) is 1. The molecule has 6 nitrogen and oxygen atoms in total. The predicted molar refractivity (Wildman–Crippen MR) is 70.0 cm³/mol. The number of methoxy groups -OCH3 is 2. The first-order chi connectivity index (χ1) is 8.98. The zero-order valence-corrected chi connectivity index (χ0v) is 11.6. The lowest BCUT2D eigenvalue weighted by Gasteiger charge is -2.51. The summed E-state index contributed by atoms with van der Waals surface area (Å²) in [6, 6.07) is 0.250. The molecule has 0 aromatic carbocycles. The molecule has 1 aromatic heterocycles. The average Bonchev–Trinajstić information content (AvgIpc) is 2.42. The highest BCUT2D eigenvalue weighted by molar-refractivity contribution is 5.87. The fraction of sp³-hybridized carbons (Fsp3) is 0.615. The van der Waals surface area contributed by atoms with Gasteiger partial charge in [-0.3, -0.25) is 4.98 Å². The molecule has 1 aliphatic rings. The van der Waals surface area contributed by atoms with Crippen LogP contribution in [0, 0.1) is 5.41 Å². The van der Waals surface area contributed by atoms with Crippen molar-refractivity contribution in [1.29, 1.82) is 0 Å². The second kappa shape index (κ2) is 5.13. The van der Waals surface area contributed by atoms with Crippen LogP contribution in [0.5, 0.6) is 0 Å². The lowest BCUT2D eigenvalue weighted by atomic mass is 9.64. The molecule has 6 heteroatoms. The van der Waals surface area contributed by atoms with Crippen LogP contribution in [0.4, 0.5) is 5.82 Å². The molecule has 1 N–H and O–H groups in total. The lowest BCUT2D eigenvalue weighted by Crippen LogP contribution is -2.57. The van der Waals surface area contributed by atoms with Gasteiger partial charge in [0.05, 0.1) is 25.6 Å². The molecule has 1 aliphatic carbocycles. The molecular weight excluding hydrogens is 246 g/mol. The fourth-order valence-electron chi connectivity index (χ4n) is 2.35. The van der Waals surface area contributed by atoms with Gasteiger partial charge in [0.2, 0.25) is 0 Å². The van der Waals surface area contributed by atoms with Gasteiger partial charge in [0, 0.05) is 18.6 Å². The van der Waals surface area contributed by atoms with Gasteiger partial charge in [-0.25, -0.2) is 9.78 Å². The monoisotopic (exact) mass is 265 g/mol. The van der Waals surface area contributed by atoms with Crippen LogP contribution in [0.15, 0.2) is 12.4 Å². The fourth-order valence-corrected chi connectivity index (χ4v) is 2.35. The minimum absolute atomic E-state index is 0.0255. The van der Waals surface area contributed by atoms with Crippen molar-refractivity contribution in [1.82, 2.24) is 9.97 Å². The van der Waals surface area contributed by atoms with Crippen molar-refractivity contribution in [2.45, 2.75) is 32.4 Å². The number of anilines is 1. The van der Waals surface area contributed by atoms with E-state index < -0.39 is 5.97 Å². The third-order valence-corrected chi connectivity index (χ3v) is 3.81. The van der Waals surface area contributed by atoms with Crippen LogP contribution in [0.25, 0.3) is 0 Å². The van der Waals surface area contributed by atoms with Gasteiger partial charge >= 0.3 is 5.97 Å². The molecule has 1 fully saturated rings. The highest BCUT2D eigenvalue weighted by atomic mass is 16.5. The molecule has 0 saturated heterocycles. The molecule has 2 unspecified atom stereocenters. The molecule has 0 spiro atoms. The van der Waals surface area contributed by atoms with Crippen LogP contribution in [0.1, 0.15) is 30.8 Å². The van der Waals surface area contributed by atoms with E-state index in [4.69, 9.17) is 4.74 Å². The van der Waals surface area contributed by atoms with Crippen molar-refractivity contribution < 1.29 is 14.3 Å². The van der Waals surface area contributed by atoms with E-state index in [1.165, 1.54) is 13.3 Å². The number of ether oxygens (including phenoxy) is 2. The zero-order valence-electron chi connectivity index (χ0n) is 11.6. The van der Waals surface area contributed by atoms with Gasteiger partial charge in [-0.15, -0.1) is 0 Å².